The van der Waals surface area contributed by atoms with E-state index >= 15 is 0 Å². The predicted octanol–water partition coefficient (Wildman–Crippen LogP) is 4.59. The van der Waals surface area contributed by atoms with Crippen LogP contribution in [0.2, 0.25) is 0 Å². The molecule has 1 N–H and O–H groups in total. The summed E-state index contributed by atoms with van der Waals surface area (Å²) in [7, 11) is 4.08. The van der Waals surface area contributed by atoms with Crippen molar-refractivity contribution in [2.45, 2.75) is 13.1 Å². The predicted molar refractivity (Wildman–Crippen MR) is 122 cm³/mol. The Labute approximate surface area is 180 Å². The molecule has 0 aliphatic carbocycles. The molecule has 0 aliphatic rings. The zero-order valence-corrected chi connectivity index (χ0v) is 17.9. The Bertz CT molecular complexity index is 1120. The number of para-hydroxylation sites is 1. The highest BCUT2D eigenvalue weighted by atomic mass is 32.1. The van der Waals surface area contributed by atoms with Crippen molar-refractivity contribution in [3.63, 3.8) is 0 Å². The van der Waals surface area contributed by atoms with Gasteiger partial charge in [0.2, 0.25) is 0 Å². The van der Waals surface area contributed by atoms with Crippen molar-refractivity contribution in [1.82, 2.24) is 20.0 Å². The summed E-state index contributed by atoms with van der Waals surface area (Å²) in [4.78, 5) is 16.2. The number of carbonyl (C=O) groups is 1. The second kappa shape index (κ2) is 9.07. The van der Waals surface area contributed by atoms with Gasteiger partial charge in [0.15, 0.2) is 0 Å². The maximum absolute atomic E-state index is 13.1. The summed E-state index contributed by atoms with van der Waals surface area (Å²) in [5, 5.41) is 9.80. The molecule has 0 fully saturated rings. The molecule has 1 amide bonds. The van der Waals surface area contributed by atoms with Crippen molar-refractivity contribution < 1.29 is 4.79 Å². The molecule has 152 valence electrons. The molecule has 5 nitrogen and oxygen atoms in total. The second-order valence-corrected chi connectivity index (χ2v) is 8.29. The minimum absolute atomic E-state index is 0.125. The Balaban J connectivity index is 1.60. The lowest BCUT2D eigenvalue weighted by Crippen LogP contribution is -2.24. The average Bonchev–Trinajstić information content (AvgIpc) is 3.43. The van der Waals surface area contributed by atoms with E-state index in [1.165, 1.54) is 5.56 Å². The van der Waals surface area contributed by atoms with Crippen LogP contribution in [0.15, 0.2) is 78.3 Å². The van der Waals surface area contributed by atoms with Gasteiger partial charge in [-0.25, -0.2) is 4.68 Å². The third kappa shape index (κ3) is 4.50. The van der Waals surface area contributed by atoms with E-state index in [2.05, 4.69) is 22.3 Å². The number of thiophene rings is 1. The monoisotopic (exact) mass is 416 g/mol. The van der Waals surface area contributed by atoms with Gasteiger partial charge in [-0.2, -0.15) is 5.10 Å². The van der Waals surface area contributed by atoms with Crippen LogP contribution in [0.4, 0.5) is 0 Å². The first kappa shape index (κ1) is 20.1. The molecule has 0 bridgehead atoms. The molecular formula is C24H24N4OS. The molecule has 0 atom stereocenters. The van der Waals surface area contributed by atoms with Crippen molar-refractivity contribution >= 4 is 17.2 Å². The van der Waals surface area contributed by atoms with E-state index in [-0.39, 0.29) is 5.91 Å². The van der Waals surface area contributed by atoms with Gasteiger partial charge in [0.05, 0.1) is 16.1 Å². The van der Waals surface area contributed by atoms with Gasteiger partial charge in [0.25, 0.3) is 5.91 Å². The molecule has 4 rings (SSSR count). The zero-order valence-electron chi connectivity index (χ0n) is 17.1. The van der Waals surface area contributed by atoms with Crippen LogP contribution in [0.3, 0.4) is 0 Å². The van der Waals surface area contributed by atoms with Crippen molar-refractivity contribution in [2.24, 2.45) is 0 Å². The quantitative estimate of drug-likeness (QED) is 0.479. The number of nitrogens with zero attached hydrogens (tertiary/aromatic N) is 3. The van der Waals surface area contributed by atoms with Gasteiger partial charge in [-0.05, 0) is 48.8 Å². The van der Waals surface area contributed by atoms with Crippen molar-refractivity contribution in [1.29, 1.82) is 0 Å². The number of aromatic nitrogens is 2. The summed E-state index contributed by atoms with van der Waals surface area (Å²) in [5.41, 5.74) is 4.53. The fraction of sp³-hybridized carbons (Fsp3) is 0.167. The summed E-state index contributed by atoms with van der Waals surface area (Å²) < 4.78 is 1.77. The highest BCUT2D eigenvalue weighted by Crippen LogP contribution is 2.28. The van der Waals surface area contributed by atoms with Crippen molar-refractivity contribution in [3.8, 4) is 16.3 Å². The molecular weight excluding hydrogens is 392 g/mol. The van der Waals surface area contributed by atoms with Crippen LogP contribution in [0, 0.1) is 0 Å². The Kier molecular flexibility index (Phi) is 6.07. The van der Waals surface area contributed by atoms with Gasteiger partial charge in [-0.3, -0.25) is 4.79 Å². The van der Waals surface area contributed by atoms with E-state index in [0.717, 1.165) is 22.7 Å². The summed E-state index contributed by atoms with van der Waals surface area (Å²) in [5.74, 6) is -0.125. The van der Waals surface area contributed by atoms with Gasteiger partial charge in [0, 0.05) is 19.3 Å². The molecule has 0 unspecified atom stereocenters. The molecule has 0 aliphatic heterocycles. The van der Waals surface area contributed by atoms with E-state index in [1.54, 1.807) is 16.0 Å². The first-order chi connectivity index (χ1) is 14.6. The summed E-state index contributed by atoms with van der Waals surface area (Å²) in [6.45, 7) is 1.31. The molecule has 2 aromatic heterocycles. The number of rotatable bonds is 7. The third-order valence-corrected chi connectivity index (χ3v) is 5.66. The second-order valence-electron chi connectivity index (χ2n) is 7.34. The third-order valence-electron chi connectivity index (χ3n) is 4.78. The Hall–Kier alpha value is -3.22. The number of nitrogens with one attached hydrogen (secondary N) is 1. The molecule has 30 heavy (non-hydrogen) atoms. The van der Waals surface area contributed by atoms with Gasteiger partial charge < -0.3 is 10.2 Å². The van der Waals surface area contributed by atoms with Gasteiger partial charge in [0.1, 0.15) is 5.69 Å². The normalized spacial score (nSPS) is 11.0. The Morgan fingerprint density at radius 1 is 1.00 bits per heavy atom. The summed E-state index contributed by atoms with van der Waals surface area (Å²) >= 11 is 1.58. The highest BCUT2D eigenvalue weighted by Gasteiger charge is 2.19. The molecule has 0 radical (unpaired) electrons. The van der Waals surface area contributed by atoms with Crippen molar-refractivity contribution in [3.05, 3.63) is 95.0 Å². The topological polar surface area (TPSA) is 50.2 Å². The smallest absolute Gasteiger partial charge is 0.255 e. The molecule has 0 spiro atoms. The molecule has 2 aromatic carbocycles. The van der Waals surface area contributed by atoms with Gasteiger partial charge >= 0.3 is 0 Å². The van der Waals surface area contributed by atoms with Crippen LogP contribution in [-0.2, 0) is 13.1 Å². The van der Waals surface area contributed by atoms with E-state index in [9.17, 15) is 4.79 Å². The highest BCUT2D eigenvalue weighted by molar-refractivity contribution is 7.13. The molecule has 6 heteroatoms. The fourth-order valence-corrected chi connectivity index (χ4v) is 4.07. The van der Waals surface area contributed by atoms with E-state index in [0.29, 0.717) is 17.8 Å². The standard InChI is InChI=1S/C24H24N4OS/c1-27(2)16-19-10-7-6-9-18(19)15-25-24(29)21-17-28(20-11-4-3-5-12-20)26-23(21)22-13-8-14-30-22/h3-14,17H,15-16H2,1-2H3,(H,25,29). The minimum Gasteiger partial charge on any atom is -0.348 e. The first-order valence-corrected chi connectivity index (χ1v) is 10.7. The molecule has 0 saturated heterocycles. The van der Waals surface area contributed by atoms with E-state index in [4.69, 9.17) is 5.10 Å². The lowest BCUT2D eigenvalue weighted by atomic mass is 10.1. The van der Waals surface area contributed by atoms with Crippen LogP contribution >= 0.6 is 11.3 Å². The first-order valence-electron chi connectivity index (χ1n) is 9.80. The van der Waals surface area contributed by atoms with Crippen LogP contribution in [0.1, 0.15) is 21.5 Å². The van der Waals surface area contributed by atoms with E-state index in [1.807, 2.05) is 80.3 Å². The SMILES string of the molecule is CN(C)Cc1ccccc1CNC(=O)c1cn(-c2ccccc2)nc1-c1cccs1. The lowest BCUT2D eigenvalue weighted by Gasteiger charge is -2.14. The molecule has 4 aromatic rings. The Morgan fingerprint density at radius 3 is 2.43 bits per heavy atom. The van der Waals surface area contributed by atoms with Crippen LogP contribution < -0.4 is 5.32 Å². The number of amides is 1. The maximum Gasteiger partial charge on any atom is 0.255 e. The number of carbonyl (C=O) groups excluding carboxylic acids is 1. The maximum atomic E-state index is 13.1. The van der Waals surface area contributed by atoms with E-state index < -0.39 is 0 Å². The average molecular weight is 417 g/mol. The summed E-state index contributed by atoms with van der Waals surface area (Å²) in [6.07, 6.45) is 1.81. The molecule has 2 heterocycles. The van der Waals surface area contributed by atoms with Crippen LogP contribution in [0.25, 0.3) is 16.3 Å². The number of hydrogen-bond donors (Lipinski definition) is 1. The summed E-state index contributed by atoms with van der Waals surface area (Å²) in [6, 6.07) is 22.0. The van der Waals surface area contributed by atoms with Gasteiger partial charge in [-0.15, -0.1) is 11.3 Å². The van der Waals surface area contributed by atoms with Crippen molar-refractivity contribution in [2.75, 3.05) is 14.1 Å². The van der Waals surface area contributed by atoms with Crippen LogP contribution in [-0.4, -0.2) is 34.7 Å². The lowest BCUT2D eigenvalue weighted by molar-refractivity contribution is 0.0951. The van der Waals surface area contributed by atoms with Crippen LogP contribution in [0.5, 0.6) is 0 Å². The largest absolute Gasteiger partial charge is 0.348 e. The minimum atomic E-state index is -0.125. The number of hydrogen-bond acceptors (Lipinski definition) is 4. The fourth-order valence-electron chi connectivity index (χ4n) is 3.34. The number of benzene rings is 2. The Morgan fingerprint density at radius 2 is 1.73 bits per heavy atom. The van der Waals surface area contributed by atoms with Gasteiger partial charge in [-0.1, -0.05) is 48.5 Å². The zero-order chi connectivity index (χ0) is 20.9. The molecule has 0 saturated carbocycles.